The Bertz CT molecular complexity index is 631. The Morgan fingerprint density at radius 1 is 1.39 bits per heavy atom. The summed E-state index contributed by atoms with van der Waals surface area (Å²) in [5, 5.41) is 0. The summed E-state index contributed by atoms with van der Waals surface area (Å²) in [5.74, 6) is 0.472. The number of nitrogens with one attached hydrogen (secondary N) is 1. The maximum Gasteiger partial charge on any atom is 0.262 e. The molecular weight excluding hydrogens is 254 g/mol. The van der Waals surface area contributed by atoms with Crippen LogP contribution in [0.3, 0.4) is 0 Å². The number of hydrogen-bond acceptors (Lipinski definition) is 5. The molecule has 0 aliphatic carbocycles. The molecule has 6 nitrogen and oxygen atoms in total. The molecule has 1 aromatic rings. The van der Waals surface area contributed by atoms with Gasteiger partial charge in [0.1, 0.15) is 5.84 Å². The molecule has 2 rings (SSSR count). The van der Waals surface area contributed by atoms with Gasteiger partial charge in [0, 0.05) is 13.0 Å². The quantitative estimate of drug-likeness (QED) is 0.656. The highest BCUT2D eigenvalue weighted by Gasteiger charge is 2.18. The number of amidine groups is 1. The third-order valence-corrected chi connectivity index (χ3v) is 3.81. The van der Waals surface area contributed by atoms with Crippen molar-refractivity contribution in [3.8, 4) is 0 Å². The van der Waals surface area contributed by atoms with Gasteiger partial charge in [0.05, 0.1) is 10.6 Å². The Labute approximate surface area is 105 Å². The van der Waals surface area contributed by atoms with E-state index in [0.717, 1.165) is 6.42 Å². The molecule has 0 atom stereocenters. The van der Waals surface area contributed by atoms with Crippen LogP contribution in [0, 0.1) is 0 Å². The Balaban J connectivity index is 2.28. The first-order valence-corrected chi connectivity index (χ1v) is 6.84. The Kier molecular flexibility index (Phi) is 3.55. The van der Waals surface area contributed by atoms with Crippen molar-refractivity contribution in [1.29, 1.82) is 0 Å². The minimum absolute atomic E-state index is 0.0496. The van der Waals surface area contributed by atoms with Gasteiger partial charge in [-0.25, -0.2) is 13.2 Å². The average Bonchev–Trinajstić information content (AvgIpc) is 2.82. The fourth-order valence-corrected chi connectivity index (χ4v) is 2.74. The van der Waals surface area contributed by atoms with Crippen LogP contribution in [0.5, 0.6) is 0 Å². The van der Waals surface area contributed by atoms with Crippen molar-refractivity contribution in [3.63, 3.8) is 0 Å². The third kappa shape index (κ3) is 2.82. The van der Waals surface area contributed by atoms with Crippen LogP contribution >= 0.6 is 0 Å². The van der Waals surface area contributed by atoms with Gasteiger partial charge in [0.25, 0.3) is 10.0 Å². The van der Waals surface area contributed by atoms with Gasteiger partial charge < -0.3 is 0 Å². The number of aliphatic imine (C=N–C) groups is 2. The largest absolute Gasteiger partial charge is 0.272 e. The Hall–Kier alpha value is -1.98. The topological polar surface area (TPSA) is 88.0 Å². The molecule has 1 N–H and O–H groups in total. The molecule has 0 unspecified atom stereocenters. The zero-order chi connectivity index (χ0) is 13.0. The molecule has 0 saturated heterocycles. The van der Waals surface area contributed by atoms with E-state index in [0.29, 0.717) is 18.8 Å². The van der Waals surface area contributed by atoms with Gasteiger partial charge in [-0.15, -0.1) is 0 Å². The number of hydrogen-bond donors (Lipinski definition) is 1. The second-order valence-corrected chi connectivity index (χ2v) is 5.42. The van der Waals surface area contributed by atoms with Crippen molar-refractivity contribution in [2.45, 2.75) is 17.7 Å². The number of benzene rings is 1. The van der Waals surface area contributed by atoms with E-state index < -0.39 is 10.0 Å². The summed E-state index contributed by atoms with van der Waals surface area (Å²) in [6, 6.07) is 5.78. The van der Waals surface area contributed by atoms with E-state index >= 15 is 0 Å². The third-order valence-electron chi connectivity index (χ3n) is 2.43. The zero-order valence-electron chi connectivity index (χ0n) is 9.46. The lowest BCUT2D eigenvalue weighted by Gasteiger charge is -2.07. The van der Waals surface area contributed by atoms with Crippen LogP contribution in [-0.4, -0.2) is 26.9 Å². The number of rotatable bonds is 3. The molecule has 1 aromatic carbocycles. The van der Waals surface area contributed by atoms with Crippen LogP contribution in [-0.2, 0) is 14.8 Å². The first-order valence-electron chi connectivity index (χ1n) is 5.36. The first-order chi connectivity index (χ1) is 8.62. The van der Waals surface area contributed by atoms with Crippen LogP contribution in [0.15, 0.2) is 39.1 Å². The summed E-state index contributed by atoms with van der Waals surface area (Å²) in [6.45, 7) is 0.646. The van der Waals surface area contributed by atoms with Gasteiger partial charge >= 0.3 is 0 Å². The lowest BCUT2D eigenvalue weighted by Crippen LogP contribution is -2.29. The highest BCUT2D eigenvalue weighted by atomic mass is 32.2. The predicted octanol–water partition coefficient (Wildman–Crippen LogP) is 1.12. The standard InChI is InChI=1S/C11H11N3O3S/c15-8-13-9-3-1-4-10(7-9)18(16,17)14-11-5-2-6-12-11/h1,3-4,7H,2,5-6H2,(H,12,14). The molecule has 0 spiro atoms. The van der Waals surface area contributed by atoms with Gasteiger partial charge in [-0.3, -0.25) is 9.71 Å². The number of sulfonamides is 1. The van der Waals surface area contributed by atoms with Gasteiger partial charge in [-0.05, 0) is 24.6 Å². The number of nitrogens with zero attached hydrogens (tertiary/aromatic N) is 2. The molecule has 0 bridgehead atoms. The molecule has 7 heteroatoms. The van der Waals surface area contributed by atoms with E-state index in [9.17, 15) is 13.2 Å². The summed E-state index contributed by atoms with van der Waals surface area (Å²) in [5.41, 5.74) is 0.251. The maximum absolute atomic E-state index is 12.0. The van der Waals surface area contributed by atoms with Crippen molar-refractivity contribution in [2.75, 3.05) is 6.54 Å². The minimum atomic E-state index is -3.66. The van der Waals surface area contributed by atoms with Gasteiger partial charge in [-0.2, -0.15) is 4.99 Å². The van der Waals surface area contributed by atoms with E-state index in [1.807, 2.05) is 0 Å². The molecular formula is C11H11N3O3S. The van der Waals surface area contributed by atoms with Gasteiger partial charge in [0.2, 0.25) is 6.08 Å². The van der Waals surface area contributed by atoms with Crippen LogP contribution in [0.25, 0.3) is 0 Å². The molecule has 0 fully saturated rings. The van der Waals surface area contributed by atoms with Crippen LogP contribution in [0.2, 0.25) is 0 Å². The molecule has 18 heavy (non-hydrogen) atoms. The van der Waals surface area contributed by atoms with E-state index in [-0.39, 0.29) is 10.6 Å². The smallest absolute Gasteiger partial charge is 0.262 e. The summed E-state index contributed by atoms with van der Waals surface area (Å²) in [6.07, 6.45) is 2.86. The Morgan fingerprint density at radius 2 is 2.22 bits per heavy atom. The monoisotopic (exact) mass is 265 g/mol. The minimum Gasteiger partial charge on any atom is -0.272 e. The highest BCUT2D eigenvalue weighted by Crippen LogP contribution is 2.18. The van der Waals surface area contributed by atoms with E-state index in [1.165, 1.54) is 30.3 Å². The van der Waals surface area contributed by atoms with Crippen LogP contribution in [0.4, 0.5) is 5.69 Å². The summed E-state index contributed by atoms with van der Waals surface area (Å²) in [7, 11) is -3.66. The fourth-order valence-electron chi connectivity index (χ4n) is 1.61. The van der Waals surface area contributed by atoms with E-state index in [4.69, 9.17) is 0 Å². The second kappa shape index (κ2) is 5.12. The predicted molar refractivity (Wildman–Crippen MR) is 66.1 cm³/mol. The zero-order valence-corrected chi connectivity index (χ0v) is 10.3. The van der Waals surface area contributed by atoms with Crippen molar-refractivity contribution in [3.05, 3.63) is 24.3 Å². The van der Waals surface area contributed by atoms with Crippen molar-refractivity contribution in [1.82, 2.24) is 4.72 Å². The van der Waals surface area contributed by atoms with Gasteiger partial charge in [-0.1, -0.05) is 6.07 Å². The molecule has 0 radical (unpaired) electrons. The van der Waals surface area contributed by atoms with E-state index in [1.54, 1.807) is 0 Å². The summed E-state index contributed by atoms with van der Waals surface area (Å²) >= 11 is 0. The Morgan fingerprint density at radius 3 is 2.89 bits per heavy atom. The lowest BCUT2D eigenvalue weighted by atomic mass is 10.3. The molecule has 0 aromatic heterocycles. The normalized spacial score (nSPS) is 14.8. The molecule has 94 valence electrons. The van der Waals surface area contributed by atoms with Crippen molar-refractivity contribution >= 4 is 27.6 Å². The van der Waals surface area contributed by atoms with Crippen molar-refractivity contribution in [2.24, 2.45) is 9.98 Å². The molecule has 1 aliphatic rings. The van der Waals surface area contributed by atoms with Crippen molar-refractivity contribution < 1.29 is 13.2 Å². The van der Waals surface area contributed by atoms with Crippen LogP contribution < -0.4 is 4.72 Å². The van der Waals surface area contributed by atoms with Gasteiger partial charge in [0.15, 0.2) is 0 Å². The summed E-state index contributed by atoms with van der Waals surface area (Å²) < 4.78 is 26.4. The SMILES string of the molecule is O=C=Nc1cccc(S(=O)(=O)NC2=NCCC2)c1. The molecule has 0 saturated carbocycles. The number of isocyanates is 1. The molecule has 1 aliphatic heterocycles. The first kappa shape index (κ1) is 12.5. The highest BCUT2D eigenvalue weighted by molar-refractivity contribution is 7.90. The van der Waals surface area contributed by atoms with Crippen LogP contribution in [0.1, 0.15) is 12.8 Å². The lowest BCUT2D eigenvalue weighted by molar-refractivity contribution is 0.565. The van der Waals surface area contributed by atoms with E-state index in [2.05, 4.69) is 14.7 Å². The average molecular weight is 265 g/mol. The molecule has 0 amide bonds. The second-order valence-electron chi connectivity index (χ2n) is 3.74. The fraction of sp³-hybridized carbons (Fsp3) is 0.273. The maximum atomic E-state index is 12.0. The number of carbonyl (C=O) groups excluding carboxylic acids is 1. The summed E-state index contributed by atoms with van der Waals surface area (Å²) in [4.78, 5) is 17.6. The molecule has 1 heterocycles.